The standard InChI is InChI=1S/C19H22FN5O/c20-6-10-24-9-3-14-1-2-15(13-17(14)24)18-21-22-19(26-18)25-12-11-23-7-4-16(25)5-8-23/h1-3,9,13,16H,4-8,10-12H2. The topological polar surface area (TPSA) is 50.3 Å². The molecule has 3 aliphatic rings. The summed E-state index contributed by atoms with van der Waals surface area (Å²) in [4.78, 5) is 4.77. The van der Waals surface area contributed by atoms with E-state index in [9.17, 15) is 4.39 Å². The molecule has 0 unspecified atom stereocenters. The highest BCUT2D eigenvalue weighted by Crippen LogP contribution is 2.30. The smallest absolute Gasteiger partial charge is 0.318 e. The molecule has 0 atom stereocenters. The Kier molecular flexibility index (Phi) is 3.89. The van der Waals surface area contributed by atoms with Gasteiger partial charge in [0.1, 0.15) is 6.67 Å². The van der Waals surface area contributed by atoms with E-state index in [2.05, 4.69) is 20.0 Å². The summed E-state index contributed by atoms with van der Waals surface area (Å²) in [6.07, 6.45) is 4.22. The van der Waals surface area contributed by atoms with Gasteiger partial charge in [0.25, 0.3) is 0 Å². The molecule has 5 heterocycles. The van der Waals surface area contributed by atoms with Gasteiger partial charge in [-0.15, -0.1) is 5.10 Å². The first-order chi connectivity index (χ1) is 12.8. The van der Waals surface area contributed by atoms with Gasteiger partial charge in [-0.25, -0.2) is 4.39 Å². The fourth-order valence-electron chi connectivity index (χ4n) is 4.19. The van der Waals surface area contributed by atoms with E-state index in [1.54, 1.807) is 0 Å². The third-order valence-electron chi connectivity index (χ3n) is 5.66. The summed E-state index contributed by atoms with van der Waals surface area (Å²) in [7, 11) is 0. The van der Waals surface area contributed by atoms with Crippen LogP contribution in [-0.2, 0) is 6.54 Å². The van der Waals surface area contributed by atoms with E-state index >= 15 is 0 Å². The second-order valence-electron chi connectivity index (χ2n) is 7.13. The van der Waals surface area contributed by atoms with E-state index < -0.39 is 0 Å². The number of hydrogen-bond donors (Lipinski definition) is 0. The zero-order chi connectivity index (χ0) is 17.5. The Morgan fingerprint density at radius 2 is 1.96 bits per heavy atom. The fourth-order valence-corrected chi connectivity index (χ4v) is 4.19. The van der Waals surface area contributed by atoms with Crippen molar-refractivity contribution in [3.05, 3.63) is 30.5 Å². The number of halogens is 1. The van der Waals surface area contributed by atoms with Crippen LogP contribution in [0.25, 0.3) is 22.4 Å². The van der Waals surface area contributed by atoms with Gasteiger partial charge in [0.05, 0.1) is 6.54 Å². The number of fused-ring (bicyclic) bond motifs is 5. The molecule has 7 heteroatoms. The third-order valence-corrected chi connectivity index (χ3v) is 5.66. The van der Waals surface area contributed by atoms with Crippen LogP contribution in [0.3, 0.4) is 0 Å². The zero-order valence-electron chi connectivity index (χ0n) is 14.6. The highest BCUT2D eigenvalue weighted by Gasteiger charge is 2.31. The van der Waals surface area contributed by atoms with Gasteiger partial charge in [-0.3, -0.25) is 0 Å². The number of piperidine rings is 1. The van der Waals surface area contributed by atoms with Gasteiger partial charge in [-0.05, 0) is 36.4 Å². The Labute approximate surface area is 151 Å². The van der Waals surface area contributed by atoms with Crippen LogP contribution < -0.4 is 4.90 Å². The maximum absolute atomic E-state index is 12.8. The van der Waals surface area contributed by atoms with Crippen molar-refractivity contribution in [1.82, 2.24) is 19.7 Å². The van der Waals surface area contributed by atoms with Gasteiger partial charge >= 0.3 is 6.01 Å². The SMILES string of the molecule is FCCn1ccc2ccc(-c3nnc(N4CCN5CCC4CC5)o3)cc21. The predicted octanol–water partition coefficient (Wildman–Crippen LogP) is 2.95. The second-order valence-corrected chi connectivity index (χ2v) is 7.13. The first-order valence-electron chi connectivity index (χ1n) is 9.29. The Bertz CT molecular complexity index is 912. The number of nitrogens with zero attached hydrogens (tertiary/aromatic N) is 5. The minimum atomic E-state index is -0.383. The van der Waals surface area contributed by atoms with Crippen molar-refractivity contribution >= 4 is 16.9 Å². The maximum Gasteiger partial charge on any atom is 0.318 e. The molecule has 0 radical (unpaired) electrons. The van der Waals surface area contributed by atoms with Crippen molar-refractivity contribution in [2.24, 2.45) is 0 Å². The molecule has 0 aliphatic carbocycles. The molecular formula is C19H22FN5O. The Morgan fingerprint density at radius 3 is 2.81 bits per heavy atom. The summed E-state index contributed by atoms with van der Waals surface area (Å²) in [5.41, 5.74) is 1.86. The number of hydrogen-bond acceptors (Lipinski definition) is 5. The highest BCUT2D eigenvalue weighted by molar-refractivity contribution is 5.84. The quantitative estimate of drug-likeness (QED) is 0.720. The summed E-state index contributed by atoms with van der Waals surface area (Å²) >= 11 is 0. The van der Waals surface area contributed by atoms with Crippen molar-refractivity contribution in [3.63, 3.8) is 0 Å². The van der Waals surface area contributed by atoms with Gasteiger partial charge in [0.15, 0.2) is 0 Å². The molecule has 3 fully saturated rings. The highest BCUT2D eigenvalue weighted by atomic mass is 19.1. The number of rotatable bonds is 4. The van der Waals surface area contributed by atoms with Gasteiger partial charge in [-0.2, -0.15) is 0 Å². The second kappa shape index (κ2) is 6.39. The molecular weight excluding hydrogens is 333 g/mol. The lowest BCUT2D eigenvalue weighted by Gasteiger charge is -2.29. The summed E-state index contributed by atoms with van der Waals surface area (Å²) in [5, 5.41) is 9.69. The average Bonchev–Trinajstić information content (AvgIpc) is 3.21. The van der Waals surface area contributed by atoms with Crippen LogP contribution in [0.5, 0.6) is 0 Å². The van der Waals surface area contributed by atoms with Crippen LogP contribution in [0.15, 0.2) is 34.9 Å². The molecule has 0 spiro atoms. The lowest BCUT2D eigenvalue weighted by Crippen LogP contribution is -2.38. The molecule has 0 N–H and O–H groups in total. The van der Waals surface area contributed by atoms with Gasteiger partial charge in [-0.1, -0.05) is 11.2 Å². The minimum Gasteiger partial charge on any atom is -0.403 e. The van der Waals surface area contributed by atoms with E-state index in [1.165, 1.54) is 0 Å². The first-order valence-corrected chi connectivity index (χ1v) is 9.29. The molecule has 0 amide bonds. The zero-order valence-corrected chi connectivity index (χ0v) is 14.6. The molecule has 0 saturated carbocycles. The lowest BCUT2D eigenvalue weighted by atomic mass is 10.1. The van der Waals surface area contributed by atoms with Crippen molar-refractivity contribution in [3.8, 4) is 11.5 Å². The minimum absolute atomic E-state index is 0.355. The Morgan fingerprint density at radius 1 is 1.08 bits per heavy atom. The number of aryl methyl sites for hydroxylation is 1. The monoisotopic (exact) mass is 355 g/mol. The molecule has 6 nitrogen and oxygen atoms in total. The lowest BCUT2D eigenvalue weighted by molar-refractivity contribution is 0.249. The van der Waals surface area contributed by atoms with Gasteiger partial charge < -0.3 is 18.8 Å². The third kappa shape index (κ3) is 2.67. The number of alkyl halides is 1. The summed E-state index contributed by atoms with van der Waals surface area (Å²) < 4.78 is 20.7. The molecule has 2 aromatic heterocycles. The average molecular weight is 355 g/mol. The van der Waals surface area contributed by atoms with Crippen LogP contribution in [0.2, 0.25) is 0 Å². The van der Waals surface area contributed by atoms with Crippen molar-refractivity contribution in [2.75, 3.05) is 37.8 Å². The van der Waals surface area contributed by atoms with Crippen LogP contribution in [0.1, 0.15) is 12.8 Å². The molecule has 2 bridgehead atoms. The first kappa shape index (κ1) is 15.8. The van der Waals surface area contributed by atoms with Crippen LogP contribution in [-0.4, -0.2) is 58.6 Å². The molecule has 26 heavy (non-hydrogen) atoms. The Balaban J connectivity index is 1.46. The predicted molar refractivity (Wildman–Crippen MR) is 98.0 cm³/mol. The normalized spacial score (nSPS) is 22.9. The maximum atomic E-state index is 12.8. The van der Waals surface area contributed by atoms with Gasteiger partial charge in [0.2, 0.25) is 5.89 Å². The van der Waals surface area contributed by atoms with Crippen molar-refractivity contribution in [1.29, 1.82) is 0 Å². The molecule has 3 saturated heterocycles. The van der Waals surface area contributed by atoms with E-state index in [0.717, 1.165) is 55.5 Å². The van der Waals surface area contributed by atoms with E-state index in [-0.39, 0.29) is 6.67 Å². The van der Waals surface area contributed by atoms with Crippen molar-refractivity contribution < 1.29 is 8.81 Å². The number of benzene rings is 1. The summed E-state index contributed by atoms with van der Waals surface area (Å²) in [6.45, 7) is 4.27. The molecule has 136 valence electrons. The van der Waals surface area contributed by atoms with Crippen LogP contribution in [0, 0.1) is 0 Å². The van der Waals surface area contributed by atoms with Crippen LogP contribution in [0.4, 0.5) is 10.4 Å². The van der Waals surface area contributed by atoms with E-state index in [0.29, 0.717) is 24.5 Å². The summed E-state index contributed by atoms with van der Waals surface area (Å²) in [6, 6.07) is 9.11. The molecule has 3 aliphatic heterocycles. The Hall–Kier alpha value is -2.41. The van der Waals surface area contributed by atoms with Crippen molar-refractivity contribution in [2.45, 2.75) is 25.4 Å². The van der Waals surface area contributed by atoms with E-state index in [1.807, 2.05) is 35.0 Å². The van der Waals surface area contributed by atoms with E-state index in [4.69, 9.17) is 4.42 Å². The van der Waals surface area contributed by atoms with Gasteiger partial charge in [0, 0.05) is 49.5 Å². The number of aromatic nitrogens is 3. The molecule has 1 aromatic carbocycles. The molecule has 3 aromatic rings. The number of anilines is 1. The molecule has 6 rings (SSSR count). The van der Waals surface area contributed by atoms with Crippen LogP contribution >= 0.6 is 0 Å². The summed E-state index contributed by atoms with van der Waals surface area (Å²) in [5.74, 6) is 0.522. The fraction of sp³-hybridized carbons (Fsp3) is 0.474. The largest absolute Gasteiger partial charge is 0.403 e.